The number of hydrogen-bond donors (Lipinski definition) is 1. The molecule has 0 aliphatic heterocycles. The zero-order valence-corrected chi connectivity index (χ0v) is 10.2. The first-order valence-corrected chi connectivity index (χ1v) is 5.29. The maximum atomic E-state index is 11.3. The minimum Gasteiger partial charge on any atom is -0.481 e. The smallest absolute Gasteiger partial charge is 0.334 e. The van der Waals surface area contributed by atoms with E-state index >= 15 is 0 Å². The van der Waals surface area contributed by atoms with Gasteiger partial charge in [-0.05, 0) is 30.5 Å². The van der Waals surface area contributed by atoms with Crippen molar-refractivity contribution in [2.75, 3.05) is 6.61 Å². The third-order valence-electron chi connectivity index (χ3n) is 1.45. The molecule has 0 radical (unpaired) electrons. The molecule has 1 N–H and O–H groups in total. The molecule has 0 unspecified atom stereocenters. The Bertz CT molecular complexity index is 305. The van der Waals surface area contributed by atoms with Crippen molar-refractivity contribution in [3.8, 4) is 0 Å². The number of carboxylic acids is 1. The molecular weight excluding hydrogens is 264 g/mol. The summed E-state index contributed by atoms with van der Waals surface area (Å²) in [5.74, 6) is -1.65. The van der Waals surface area contributed by atoms with Gasteiger partial charge in [0.25, 0.3) is 0 Å². The van der Waals surface area contributed by atoms with Gasteiger partial charge in [-0.2, -0.15) is 0 Å². The van der Waals surface area contributed by atoms with Gasteiger partial charge in [0.05, 0.1) is 13.0 Å². The van der Waals surface area contributed by atoms with E-state index in [1.165, 1.54) is 6.08 Å². The summed E-state index contributed by atoms with van der Waals surface area (Å²) in [7, 11) is 0. The second-order valence-corrected chi connectivity index (χ2v) is 3.27. The SMILES string of the molecule is CCOC(=O)/C(=C/C(C)=C/Br)CC(=O)O. The van der Waals surface area contributed by atoms with Crippen LogP contribution in [0.15, 0.2) is 22.2 Å². The lowest BCUT2D eigenvalue weighted by molar-refractivity contribution is -0.142. The number of carbonyl (C=O) groups is 2. The van der Waals surface area contributed by atoms with Crippen molar-refractivity contribution in [3.63, 3.8) is 0 Å². The lowest BCUT2D eigenvalue weighted by Crippen LogP contribution is -2.11. The summed E-state index contributed by atoms with van der Waals surface area (Å²) >= 11 is 3.09. The quantitative estimate of drug-likeness (QED) is 0.475. The van der Waals surface area contributed by atoms with E-state index in [-0.39, 0.29) is 18.6 Å². The molecule has 0 aromatic rings. The summed E-state index contributed by atoms with van der Waals surface area (Å²) in [5, 5.41) is 8.61. The monoisotopic (exact) mass is 276 g/mol. The van der Waals surface area contributed by atoms with E-state index in [0.717, 1.165) is 5.57 Å². The number of halogens is 1. The Morgan fingerprint density at radius 2 is 2.07 bits per heavy atom. The van der Waals surface area contributed by atoms with E-state index in [0.29, 0.717) is 0 Å². The number of hydrogen-bond acceptors (Lipinski definition) is 3. The second kappa shape index (κ2) is 7.23. The molecule has 5 heteroatoms. The molecule has 0 saturated heterocycles. The maximum absolute atomic E-state index is 11.3. The van der Waals surface area contributed by atoms with Crippen molar-refractivity contribution in [3.05, 3.63) is 22.2 Å². The zero-order chi connectivity index (χ0) is 11.8. The standard InChI is InChI=1S/C10H13BrO4/c1-3-15-10(14)8(5-9(12)13)4-7(2)6-11/h4,6H,3,5H2,1-2H3,(H,12,13)/b7-6+,8-4+. The van der Waals surface area contributed by atoms with Crippen molar-refractivity contribution in [1.29, 1.82) is 0 Å². The Hall–Kier alpha value is -1.10. The van der Waals surface area contributed by atoms with Gasteiger partial charge in [0, 0.05) is 5.57 Å². The van der Waals surface area contributed by atoms with E-state index in [1.807, 2.05) is 0 Å². The Labute approximate surface area is 96.7 Å². The number of ether oxygens (including phenoxy) is 1. The molecule has 0 heterocycles. The largest absolute Gasteiger partial charge is 0.481 e. The van der Waals surface area contributed by atoms with Gasteiger partial charge in [-0.25, -0.2) is 4.79 Å². The molecule has 15 heavy (non-hydrogen) atoms. The zero-order valence-electron chi connectivity index (χ0n) is 8.62. The highest BCUT2D eigenvalue weighted by Gasteiger charge is 2.14. The van der Waals surface area contributed by atoms with Crippen molar-refractivity contribution in [2.45, 2.75) is 20.3 Å². The number of esters is 1. The van der Waals surface area contributed by atoms with E-state index in [2.05, 4.69) is 15.9 Å². The first-order valence-electron chi connectivity index (χ1n) is 4.37. The Morgan fingerprint density at radius 1 is 1.47 bits per heavy atom. The molecular formula is C10H13BrO4. The molecule has 0 fully saturated rings. The van der Waals surface area contributed by atoms with Crippen LogP contribution in [0.3, 0.4) is 0 Å². The molecule has 0 aromatic heterocycles. The highest BCUT2D eigenvalue weighted by atomic mass is 79.9. The number of allylic oxidation sites excluding steroid dienone is 2. The Balaban J connectivity index is 4.80. The number of carboxylic acid groups (broad SMARTS) is 1. The van der Waals surface area contributed by atoms with Gasteiger partial charge in [0.1, 0.15) is 0 Å². The summed E-state index contributed by atoms with van der Waals surface area (Å²) < 4.78 is 4.74. The lowest BCUT2D eigenvalue weighted by Gasteiger charge is -2.04. The molecule has 0 aromatic carbocycles. The molecule has 4 nitrogen and oxygen atoms in total. The average Bonchev–Trinajstić information content (AvgIpc) is 2.16. The Morgan fingerprint density at radius 3 is 2.47 bits per heavy atom. The summed E-state index contributed by atoms with van der Waals surface area (Å²) in [4.78, 5) is 23.4. The minimum atomic E-state index is -1.06. The summed E-state index contributed by atoms with van der Waals surface area (Å²) in [6.45, 7) is 3.65. The highest BCUT2D eigenvalue weighted by molar-refractivity contribution is 9.11. The molecule has 0 amide bonds. The van der Waals surface area contributed by atoms with Crippen LogP contribution in [-0.4, -0.2) is 23.7 Å². The van der Waals surface area contributed by atoms with Crippen LogP contribution in [0.2, 0.25) is 0 Å². The number of aliphatic carboxylic acids is 1. The topological polar surface area (TPSA) is 63.6 Å². The average molecular weight is 277 g/mol. The van der Waals surface area contributed by atoms with Crippen molar-refractivity contribution < 1.29 is 19.4 Å². The minimum absolute atomic E-state index is 0.137. The van der Waals surface area contributed by atoms with Gasteiger partial charge >= 0.3 is 11.9 Å². The van der Waals surface area contributed by atoms with E-state index in [9.17, 15) is 9.59 Å². The number of carbonyl (C=O) groups excluding carboxylic acids is 1. The van der Waals surface area contributed by atoms with Crippen LogP contribution >= 0.6 is 15.9 Å². The van der Waals surface area contributed by atoms with Gasteiger partial charge in [0.15, 0.2) is 0 Å². The van der Waals surface area contributed by atoms with Crippen LogP contribution in [0.4, 0.5) is 0 Å². The summed E-state index contributed by atoms with van der Waals surface area (Å²) in [6, 6.07) is 0. The van der Waals surface area contributed by atoms with Gasteiger partial charge in [-0.15, -0.1) is 0 Å². The molecule has 0 atom stereocenters. The third kappa shape index (κ3) is 6.06. The fraction of sp³-hybridized carbons (Fsp3) is 0.400. The van der Waals surface area contributed by atoms with Crippen molar-refractivity contribution >= 4 is 27.9 Å². The summed E-state index contributed by atoms with van der Waals surface area (Å²) in [6.07, 6.45) is 1.15. The van der Waals surface area contributed by atoms with Crippen LogP contribution in [0, 0.1) is 0 Å². The molecule has 0 rings (SSSR count). The van der Waals surface area contributed by atoms with E-state index < -0.39 is 11.9 Å². The fourth-order valence-electron chi connectivity index (χ4n) is 0.875. The molecule has 0 saturated carbocycles. The van der Waals surface area contributed by atoms with Crippen LogP contribution in [0.5, 0.6) is 0 Å². The van der Waals surface area contributed by atoms with Crippen LogP contribution < -0.4 is 0 Å². The summed E-state index contributed by atoms with van der Waals surface area (Å²) in [5.41, 5.74) is 0.886. The van der Waals surface area contributed by atoms with Crippen LogP contribution in [0.1, 0.15) is 20.3 Å². The Kier molecular flexibility index (Phi) is 6.70. The van der Waals surface area contributed by atoms with Gasteiger partial charge in [-0.1, -0.05) is 15.9 Å². The first-order chi connectivity index (χ1) is 7.01. The van der Waals surface area contributed by atoms with Gasteiger partial charge in [0.2, 0.25) is 0 Å². The molecule has 0 aliphatic carbocycles. The predicted molar refractivity (Wildman–Crippen MR) is 59.7 cm³/mol. The molecule has 0 bridgehead atoms. The van der Waals surface area contributed by atoms with Crippen LogP contribution in [-0.2, 0) is 14.3 Å². The second-order valence-electron chi connectivity index (χ2n) is 2.81. The maximum Gasteiger partial charge on any atom is 0.334 e. The van der Waals surface area contributed by atoms with Gasteiger partial charge < -0.3 is 9.84 Å². The highest BCUT2D eigenvalue weighted by Crippen LogP contribution is 2.10. The van der Waals surface area contributed by atoms with E-state index in [1.54, 1.807) is 18.8 Å². The van der Waals surface area contributed by atoms with E-state index in [4.69, 9.17) is 9.84 Å². The third-order valence-corrected chi connectivity index (χ3v) is 2.18. The lowest BCUT2D eigenvalue weighted by atomic mass is 10.1. The molecule has 0 spiro atoms. The predicted octanol–water partition coefficient (Wildman–Crippen LogP) is 2.25. The number of rotatable bonds is 5. The molecule has 84 valence electrons. The first kappa shape index (κ1) is 13.9. The molecule has 0 aliphatic rings. The van der Waals surface area contributed by atoms with Gasteiger partial charge in [-0.3, -0.25) is 4.79 Å². The van der Waals surface area contributed by atoms with Crippen molar-refractivity contribution in [1.82, 2.24) is 0 Å². The van der Waals surface area contributed by atoms with Crippen molar-refractivity contribution in [2.24, 2.45) is 0 Å². The van der Waals surface area contributed by atoms with Crippen LogP contribution in [0.25, 0.3) is 0 Å². The fourth-order valence-corrected chi connectivity index (χ4v) is 1.01. The normalized spacial score (nSPS) is 12.5.